The summed E-state index contributed by atoms with van der Waals surface area (Å²) >= 11 is 0. The van der Waals surface area contributed by atoms with Crippen LogP contribution in [-0.2, 0) is 4.74 Å². The highest BCUT2D eigenvalue weighted by Gasteiger charge is 2.47. The topological polar surface area (TPSA) is 82.0 Å². The van der Waals surface area contributed by atoms with E-state index in [0.29, 0.717) is 12.1 Å². The highest BCUT2D eigenvalue weighted by atomic mass is 16.5. The molecule has 0 bridgehead atoms. The molecule has 0 unspecified atom stereocenters. The molecule has 2 heterocycles. The van der Waals surface area contributed by atoms with Gasteiger partial charge in [-0.05, 0) is 12.5 Å². The summed E-state index contributed by atoms with van der Waals surface area (Å²) in [6.45, 7) is 7.14. The number of aliphatic hydroxyl groups is 2. The Labute approximate surface area is 112 Å². The van der Waals surface area contributed by atoms with Gasteiger partial charge in [-0.15, -0.1) is 0 Å². The number of hydrogen-bond acceptors (Lipinski definition) is 4. The fourth-order valence-electron chi connectivity index (χ4n) is 2.38. The molecule has 2 aliphatic heterocycles. The lowest BCUT2D eigenvalue weighted by atomic mass is 9.84. The summed E-state index contributed by atoms with van der Waals surface area (Å²) < 4.78 is 5.69. The third-order valence-electron chi connectivity index (χ3n) is 3.88. The molecule has 106 valence electrons. The first kappa shape index (κ1) is 14.0. The Hall–Kier alpha value is -1.37. The van der Waals surface area contributed by atoms with E-state index in [4.69, 9.17) is 4.74 Å². The molecule has 0 aromatic carbocycles. The maximum Gasteiger partial charge on any atom is 0.327 e. The van der Waals surface area contributed by atoms with Crippen molar-refractivity contribution in [3.05, 3.63) is 24.0 Å². The number of aliphatic hydroxyl groups excluding tert-OH is 2. The molecule has 2 rings (SSSR count). The second-order valence-electron chi connectivity index (χ2n) is 5.41. The summed E-state index contributed by atoms with van der Waals surface area (Å²) in [7, 11) is 0. The lowest BCUT2D eigenvalue weighted by molar-refractivity contribution is -0.0607. The zero-order valence-electron chi connectivity index (χ0n) is 11.2. The van der Waals surface area contributed by atoms with E-state index in [0.717, 1.165) is 5.57 Å². The molecule has 6 nitrogen and oxygen atoms in total. The standard InChI is InChI=1S/C13H20N2O4/c1-8-5-15(12(18)14-9(8)2)11-4-13(3,7-17)10(6-16)19-11/h5,10-11,16-17H,2,4,6-7H2,1,3H3,(H,14,18)/t10-,11-,13+/m1/s1. The van der Waals surface area contributed by atoms with Gasteiger partial charge in [0.2, 0.25) is 0 Å². The van der Waals surface area contributed by atoms with E-state index in [-0.39, 0.29) is 19.2 Å². The lowest BCUT2D eigenvalue weighted by Gasteiger charge is -2.30. The minimum atomic E-state index is -0.546. The number of rotatable bonds is 3. The molecule has 3 N–H and O–H groups in total. The van der Waals surface area contributed by atoms with Gasteiger partial charge in [0.1, 0.15) is 6.23 Å². The Morgan fingerprint density at radius 3 is 2.84 bits per heavy atom. The minimum absolute atomic E-state index is 0.0976. The van der Waals surface area contributed by atoms with Gasteiger partial charge in [0.05, 0.1) is 19.3 Å². The van der Waals surface area contributed by atoms with Crippen LogP contribution in [0.1, 0.15) is 20.3 Å². The second kappa shape index (κ2) is 4.96. The van der Waals surface area contributed by atoms with Crippen LogP contribution in [-0.4, -0.2) is 46.7 Å². The van der Waals surface area contributed by atoms with Gasteiger partial charge in [0.25, 0.3) is 0 Å². The summed E-state index contributed by atoms with van der Waals surface area (Å²) in [5, 5.41) is 21.4. The smallest absolute Gasteiger partial charge is 0.327 e. The first-order valence-electron chi connectivity index (χ1n) is 6.25. The number of urea groups is 1. The van der Waals surface area contributed by atoms with Crippen molar-refractivity contribution in [1.29, 1.82) is 0 Å². The van der Waals surface area contributed by atoms with Crippen LogP contribution in [0.5, 0.6) is 0 Å². The number of allylic oxidation sites excluding steroid dienone is 1. The Morgan fingerprint density at radius 1 is 1.63 bits per heavy atom. The molecule has 0 spiro atoms. The van der Waals surface area contributed by atoms with Crippen LogP contribution in [0.4, 0.5) is 4.79 Å². The second-order valence-corrected chi connectivity index (χ2v) is 5.41. The third-order valence-corrected chi connectivity index (χ3v) is 3.88. The van der Waals surface area contributed by atoms with Crippen LogP contribution in [0.25, 0.3) is 0 Å². The van der Waals surface area contributed by atoms with E-state index in [2.05, 4.69) is 11.9 Å². The molecule has 3 atom stereocenters. The van der Waals surface area contributed by atoms with E-state index >= 15 is 0 Å². The van der Waals surface area contributed by atoms with Gasteiger partial charge in [-0.2, -0.15) is 0 Å². The molecule has 0 radical (unpaired) electrons. The summed E-state index contributed by atoms with van der Waals surface area (Å²) in [5.74, 6) is 0. The highest BCUT2D eigenvalue weighted by Crippen LogP contribution is 2.39. The third kappa shape index (κ3) is 2.39. The first-order valence-corrected chi connectivity index (χ1v) is 6.25. The van der Waals surface area contributed by atoms with Crippen molar-refractivity contribution in [3.8, 4) is 0 Å². The average molecular weight is 268 g/mol. The van der Waals surface area contributed by atoms with Gasteiger partial charge in [0, 0.05) is 23.7 Å². The molecule has 19 heavy (non-hydrogen) atoms. The zero-order valence-corrected chi connectivity index (χ0v) is 11.2. The van der Waals surface area contributed by atoms with Crippen LogP contribution in [0.15, 0.2) is 24.0 Å². The monoisotopic (exact) mass is 268 g/mol. The van der Waals surface area contributed by atoms with Crippen LogP contribution >= 0.6 is 0 Å². The number of nitrogens with one attached hydrogen (secondary N) is 1. The largest absolute Gasteiger partial charge is 0.396 e. The SMILES string of the molecule is C=C1NC(=O)N([C@H]2C[C@@](C)(CO)[C@@H](CO)O2)C=C1C. The van der Waals surface area contributed by atoms with Gasteiger partial charge in [-0.1, -0.05) is 13.5 Å². The molecule has 0 saturated carbocycles. The zero-order chi connectivity index (χ0) is 14.2. The quantitative estimate of drug-likeness (QED) is 0.697. The molecule has 0 aromatic heterocycles. The van der Waals surface area contributed by atoms with Gasteiger partial charge in [0.15, 0.2) is 0 Å². The number of hydrogen-bond donors (Lipinski definition) is 3. The lowest BCUT2D eigenvalue weighted by Crippen LogP contribution is -2.45. The molecule has 2 amide bonds. The van der Waals surface area contributed by atoms with Crippen molar-refractivity contribution >= 4 is 6.03 Å². The highest BCUT2D eigenvalue weighted by molar-refractivity contribution is 5.80. The van der Waals surface area contributed by atoms with E-state index in [1.807, 2.05) is 13.8 Å². The minimum Gasteiger partial charge on any atom is -0.396 e. The number of carbonyl (C=O) groups excluding carboxylic acids is 1. The van der Waals surface area contributed by atoms with E-state index in [9.17, 15) is 15.0 Å². The number of carbonyl (C=O) groups is 1. The van der Waals surface area contributed by atoms with Gasteiger partial charge < -0.3 is 20.3 Å². The van der Waals surface area contributed by atoms with Crippen LogP contribution in [0, 0.1) is 5.41 Å². The van der Waals surface area contributed by atoms with Crippen molar-refractivity contribution in [1.82, 2.24) is 10.2 Å². The molecule has 0 aliphatic carbocycles. The fourth-order valence-corrected chi connectivity index (χ4v) is 2.38. The normalized spacial score (nSPS) is 35.4. The molecular formula is C13H20N2O4. The Bertz CT molecular complexity index is 434. The van der Waals surface area contributed by atoms with Crippen LogP contribution in [0.2, 0.25) is 0 Å². The Kier molecular flexibility index (Phi) is 3.66. The van der Waals surface area contributed by atoms with E-state index in [1.54, 1.807) is 6.20 Å². The predicted molar refractivity (Wildman–Crippen MR) is 68.8 cm³/mol. The summed E-state index contributed by atoms with van der Waals surface area (Å²) in [6, 6.07) is -0.306. The van der Waals surface area contributed by atoms with Crippen molar-refractivity contribution in [2.24, 2.45) is 5.41 Å². The summed E-state index contributed by atoms with van der Waals surface area (Å²) in [4.78, 5) is 13.4. The number of nitrogens with zero attached hydrogens (tertiary/aromatic N) is 1. The van der Waals surface area contributed by atoms with Crippen molar-refractivity contribution in [3.63, 3.8) is 0 Å². The van der Waals surface area contributed by atoms with Crippen molar-refractivity contribution < 1.29 is 19.7 Å². The molecule has 1 fully saturated rings. The van der Waals surface area contributed by atoms with E-state index < -0.39 is 17.7 Å². The Morgan fingerprint density at radius 2 is 2.32 bits per heavy atom. The van der Waals surface area contributed by atoms with E-state index in [1.165, 1.54) is 4.90 Å². The first-order chi connectivity index (χ1) is 8.91. The van der Waals surface area contributed by atoms with Gasteiger partial charge in [-0.3, -0.25) is 4.90 Å². The average Bonchev–Trinajstić information content (AvgIpc) is 2.71. The summed E-state index contributed by atoms with van der Waals surface area (Å²) in [5.41, 5.74) is 0.875. The fraction of sp³-hybridized carbons (Fsp3) is 0.615. The molecule has 0 aromatic rings. The maximum absolute atomic E-state index is 11.9. The maximum atomic E-state index is 11.9. The molecule has 6 heteroatoms. The predicted octanol–water partition coefficient (Wildman–Crippen LogP) is 0.535. The van der Waals surface area contributed by atoms with Gasteiger partial charge in [-0.25, -0.2) is 4.79 Å². The number of ether oxygens (including phenoxy) is 1. The molecule has 2 aliphatic rings. The molecular weight excluding hydrogens is 248 g/mol. The van der Waals surface area contributed by atoms with Crippen LogP contribution < -0.4 is 5.32 Å². The van der Waals surface area contributed by atoms with Gasteiger partial charge >= 0.3 is 6.03 Å². The number of amides is 2. The van der Waals surface area contributed by atoms with Crippen molar-refractivity contribution in [2.45, 2.75) is 32.6 Å². The summed E-state index contributed by atoms with van der Waals surface area (Å²) in [6.07, 6.45) is 1.19. The Balaban J connectivity index is 2.20. The van der Waals surface area contributed by atoms with Crippen LogP contribution in [0.3, 0.4) is 0 Å². The van der Waals surface area contributed by atoms with Crippen molar-refractivity contribution in [2.75, 3.05) is 13.2 Å². The molecule has 1 saturated heterocycles.